The van der Waals surface area contributed by atoms with Gasteiger partial charge in [-0.1, -0.05) is 30.0 Å². The zero-order valence-corrected chi connectivity index (χ0v) is 11.4. The summed E-state index contributed by atoms with van der Waals surface area (Å²) in [5, 5.41) is 1.13. The molecule has 2 aromatic rings. The van der Waals surface area contributed by atoms with Crippen molar-refractivity contribution in [2.75, 3.05) is 5.75 Å². The quantitative estimate of drug-likeness (QED) is 0.477. The van der Waals surface area contributed by atoms with Gasteiger partial charge in [-0.15, -0.1) is 6.58 Å². The number of para-hydroxylation sites is 1. The van der Waals surface area contributed by atoms with Gasteiger partial charge in [0.05, 0.1) is 16.7 Å². The summed E-state index contributed by atoms with van der Waals surface area (Å²) in [6.45, 7) is 5.55. The highest BCUT2D eigenvalue weighted by atomic mass is 32.2. The number of fused-ring (bicyclic) bond motifs is 1. The molecular formula is C14H14N2O2S. The van der Waals surface area contributed by atoms with Gasteiger partial charge in [0.2, 0.25) is 0 Å². The van der Waals surface area contributed by atoms with Crippen molar-refractivity contribution in [3.8, 4) is 0 Å². The summed E-state index contributed by atoms with van der Waals surface area (Å²) in [6.07, 6.45) is 1.65. The van der Waals surface area contributed by atoms with E-state index in [0.29, 0.717) is 28.4 Å². The number of carbonyl (C=O) groups excluding carboxylic acids is 1. The largest absolute Gasteiger partial charge is 0.299 e. The van der Waals surface area contributed by atoms with E-state index in [1.54, 1.807) is 22.8 Å². The third-order valence-corrected chi connectivity index (χ3v) is 3.66. The van der Waals surface area contributed by atoms with Crippen molar-refractivity contribution in [3.05, 3.63) is 47.3 Å². The number of allylic oxidation sites excluding steroid dienone is 1. The van der Waals surface area contributed by atoms with Crippen molar-refractivity contribution >= 4 is 28.4 Å². The van der Waals surface area contributed by atoms with Crippen LogP contribution in [0.4, 0.5) is 0 Å². The fraction of sp³-hybridized carbons (Fsp3) is 0.214. The minimum absolute atomic E-state index is 0.0533. The van der Waals surface area contributed by atoms with Gasteiger partial charge in [0, 0.05) is 6.54 Å². The van der Waals surface area contributed by atoms with Crippen molar-refractivity contribution in [3.63, 3.8) is 0 Å². The van der Waals surface area contributed by atoms with E-state index in [1.807, 2.05) is 12.1 Å². The highest BCUT2D eigenvalue weighted by Crippen LogP contribution is 2.17. The number of thioether (sulfide) groups is 1. The highest BCUT2D eigenvalue weighted by molar-refractivity contribution is 7.99. The van der Waals surface area contributed by atoms with Gasteiger partial charge in [0.15, 0.2) is 5.16 Å². The summed E-state index contributed by atoms with van der Waals surface area (Å²) in [5.74, 6) is 0.361. The Balaban J connectivity index is 2.59. The first-order valence-electron chi connectivity index (χ1n) is 5.86. The average molecular weight is 274 g/mol. The molecule has 0 N–H and O–H groups in total. The number of benzene rings is 1. The first-order valence-corrected chi connectivity index (χ1v) is 6.84. The third-order valence-electron chi connectivity index (χ3n) is 2.54. The molecule has 0 spiro atoms. The molecule has 0 radical (unpaired) electrons. The van der Waals surface area contributed by atoms with E-state index in [1.165, 1.54) is 18.7 Å². The molecule has 0 fully saturated rings. The maximum Gasteiger partial charge on any atom is 0.262 e. The van der Waals surface area contributed by atoms with Crippen molar-refractivity contribution in [1.82, 2.24) is 9.55 Å². The number of carbonyl (C=O) groups is 1. The smallest absolute Gasteiger partial charge is 0.262 e. The van der Waals surface area contributed by atoms with E-state index in [4.69, 9.17) is 0 Å². The van der Waals surface area contributed by atoms with Gasteiger partial charge in [-0.3, -0.25) is 14.2 Å². The molecule has 2 rings (SSSR count). The minimum atomic E-state index is -0.100. The molecule has 0 amide bonds. The van der Waals surface area contributed by atoms with Crippen LogP contribution in [-0.4, -0.2) is 21.1 Å². The predicted molar refractivity (Wildman–Crippen MR) is 77.6 cm³/mol. The van der Waals surface area contributed by atoms with Gasteiger partial charge in [-0.2, -0.15) is 0 Å². The lowest BCUT2D eigenvalue weighted by Crippen LogP contribution is -2.23. The van der Waals surface area contributed by atoms with Gasteiger partial charge in [-0.05, 0) is 19.1 Å². The van der Waals surface area contributed by atoms with Crippen LogP contribution >= 0.6 is 11.8 Å². The molecule has 19 heavy (non-hydrogen) atoms. The normalized spacial score (nSPS) is 10.6. The predicted octanol–water partition coefficient (Wildman–Crippen LogP) is 2.26. The summed E-state index contributed by atoms with van der Waals surface area (Å²) in [5.41, 5.74) is 0.551. The Hall–Kier alpha value is -1.88. The molecule has 0 aliphatic carbocycles. The second-order valence-corrected chi connectivity index (χ2v) is 5.05. The zero-order valence-electron chi connectivity index (χ0n) is 10.6. The molecule has 1 aromatic carbocycles. The Morgan fingerprint density at radius 3 is 2.89 bits per heavy atom. The molecule has 0 unspecified atom stereocenters. The van der Waals surface area contributed by atoms with E-state index in [0.717, 1.165) is 0 Å². The van der Waals surface area contributed by atoms with Crippen LogP contribution in [0.5, 0.6) is 0 Å². The van der Waals surface area contributed by atoms with Gasteiger partial charge >= 0.3 is 0 Å². The summed E-state index contributed by atoms with van der Waals surface area (Å²) in [4.78, 5) is 27.9. The summed E-state index contributed by atoms with van der Waals surface area (Å²) in [7, 11) is 0. The van der Waals surface area contributed by atoms with Crippen LogP contribution in [0.1, 0.15) is 6.92 Å². The molecule has 0 saturated heterocycles. The fourth-order valence-corrected chi connectivity index (χ4v) is 2.52. The SMILES string of the molecule is C=CCn1c(SCC(C)=O)nc2ccccc2c1=O. The van der Waals surface area contributed by atoms with Gasteiger partial charge < -0.3 is 0 Å². The van der Waals surface area contributed by atoms with E-state index in [-0.39, 0.29) is 11.3 Å². The number of nitrogens with zero attached hydrogens (tertiary/aromatic N) is 2. The number of hydrogen-bond acceptors (Lipinski definition) is 4. The average Bonchev–Trinajstić information content (AvgIpc) is 2.40. The molecule has 0 aliphatic heterocycles. The number of ketones is 1. The standard InChI is InChI=1S/C14H14N2O2S/c1-3-8-16-13(18)11-6-4-5-7-12(11)15-14(16)19-9-10(2)17/h3-7H,1,8-9H2,2H3. The summed E-state index contributed by atoms with van der Waals surface area (Å²) >= 11 is 1.28. The molecule has 98 valence electrons. The van der Waals surface area contributed by atoms with Crippen LogP contribution in [0.25, 0.3) is 10.9 Å². The highest BCUT2D eigenvalue weighted by Gasteiger charge is 2.10. The maximum atomic E-state index is 12.4. The summed E-state index contributed by atoms with van der Waals surface area (Å²) in [6, 6.07) is 7.20. The molecule has 0 saturated carbocycles. The van der Waals surface area contributed by atoms with E-state index < -0.39 is 0 Å². The number of hydrogen-bond donors (Lipinski definition) is 0. The molecule has 4 nitrogen and oxygen atoms in total. The van der Waals surface area contributed by atoms with Gasteiger partial charge in [0.25, 0.3) is 5.56 Å². The first kappa shape index (κ1) is 13.5. The lowest BCUT2D eigenvalue weighted by Gasteiger charge is -2.10. The van der Waals surface area contributed by atoms with E-state index >= 15 is 0 Å². The Bertz CT molecular complexity index is 691. The lowest BCUT2D eigenvalue weighted by molar-refractivity contribution is -0.114. The number of aromatic nitrogens is 2. The second-order valence-electron chi connectivity index (χ2n) is 4.11. The molecule has 0 bridgehead atoms. The number of rotatable bonds is 5. The van der Waals surface area contributed by atoms with Crippen molar-refractivity contribution in [2.45, 2.75) is 18.6 Å². The Labute approximate surface area is 115 Å². The van der Waals surface area contributed by atoms with E-state index in [9.17, 15) is 9.59 Å². The zero-order chi connectivity index (χ0) is 13.8. The van der Waals surface area contributed by atoms with Crippen LogP contribution in [-0.2, 0) is 11.3 Å². The molecule has 0 aliphatic rings. The fourth-order valence-electron chi connectivity index (χ4n) is 1.71. The van der Waals surface area contributed by atoms with Gasteiger partial charge in [0.1, 0.15) is 5.78 Å². The van der Waals surface area contributed by atoms with Crippen LogP contribution in [0.15, 0.2) is 46.9 Å². The van der Waals surface area contributed by atoms with E-state index in [2.05, 4.69) is 11.6 Å². The van der Waals surface area contributed by atoms with Crippen molar-refractivity contribution < 1.29 is 4.79 Å². The molecule has 1 heterocycles. The van der Waals surface area contributed by atoms with Crippen molar-refractivity contribution in [2.24, 2.45) is 0 Å². The second kappa shape index (κ2) is 5.84. The van der Waals surface area contributed by atoms with Crippen LogP contribution in [0.2, 0.25) is 0 Å². The van der Waals surface area contributed by atoms with Crippen LogP contribution < -0.4 is 5.56 Å². The van der Waals surface area contributed by atoms with Gasteiger partial charge in [-0.25, -0.2) is 4.98 Å². The lowest BCUT2D eigenvalue weighted by atomic mass is 10.2. The number of Topliss-reactive ketones (excluding diaryl/α,β-unsaturated/α-hetero) is 1. The molecule has 5 heteroatoms. The molecule has 0 atom stereocenters. The minimum Gasteiger partial charge on any atom is -0.299 e. The Kier molecular flexibility index (Phi) is 4.16. The molecular weight excluding hydrogens is 260 g/mol. The summed E-state index contributed by atoms with van der Waals surface area (Å²) < 4.78 is 1.54. The monoisotopic (exact) mass is 274 g/mol. The first-order chi connectivity index (χ1) is 9.13. The Morgan fingerprint density at radius 1 is 1.47 bits per heavy atom. The van der Waals surface area contributed by atoms with Crippen LogP contribution in [0, 0.1) is 0 Å². The van der Waals surface area contributed by atoms with Crippen molar-refractivity contribution in [1.29, 1.82) is 0 Å². The Morgan fingerprint density at radius 2 is 2.21 bits per heavy atom. The van der Waals surface area contributed by atoms with Crippen LogP contribution in [0.3, 0.4) is 0 Å². The maximum absolute atomic E-state index is 12.4. The topological polar surface area (TPSA) is 52.0 Å². The third kappa shape index (κ3) is 2.93. The molecule has 1 aromatic heterocycles.